The van der Waals surface area contributed by atoms with Crippen LogP contribution in [0.5, 0.6) is 0 Å². The number of carboxylic acids is 1. The molecule has 1 aromatic heterocycles. The number of carbonyl (C=O) groups is 1. The fourth-order valence-corrected chi connectivity index (χ4v) is 1.87. The molecule has 16 heavy (non-hydrogen) atoms. The van der Waals surface area contributed by atoms with Crippen LogP contribution in [0.4, 0.5) is 0 Å². The van der Waals surface area contributed by atoms with E-state index in [-0.39, 0.29) is 38.5 Å². The predicted molar refractivity (Wildman–Crippen MR) is 59.0 cm³/mol. The first kappa shape index (κ1) is 13.2. The first-order valence-electron chi connectivity index (χ1n) is 4.96. The number of fused-ring (bicyclic) bond motifs is 1. The minimum absolute atomic E-state index is 0. The Morgan fingerprint density at radius 1 is 1.44 bits per heavy atom. The Balaban J connectivity index is 0.00000128. The van der Waals surface area contributed by atoms with Crippen LogP contribution in [0.3, 0.4) is 0 Å². The van der Waals surface area contributed by atoms with Crippen LogP contribution < -0.4 is 0 Å². The van der Waals surface area contributed by atoms with E-state index >= 15 is 0 Å². The number of H-pyrrole nitrogens is 1. The molecule has 2 N–H and O–H groups in total. The van der Waals surface area contributed by atoms with Gasteiger partial charge in [-0.15, -0.1) is 0 Å². The van der Waals surface area contributed by atoms with E-state index in [0.717, 1.165) is 16.5 Å². The van der Waals surface area contributed by atoms with Crippen molar-refractivity contribution in [3.8, 4) is 0 Å². The Hall–Kier alpha value is -0.887. The van der Waals surface area contributed by atoms with Crippen molar-refractivity contribution in [2.75, 3.05) is 0 Å². The van der Waals surface area contributed by atoms with Crippen LogP contribution in [0.25, 0.3) is 10.9 Å². The maximum absolute atomic E-state index is 10.6. The monoisotopic (exact) mass is 293 g/mol. The molecule has 2 aromatic rings. The second-order valence-corrected chi connectivity index (χ2v) is 3.79. The van der Waals surface area contributed by atoms with Gasteiger partial charge in [0.2, 0.25) is 0 Å². The maximum Gasteiger partial charge on any atom is 0.303 e. The van der Waals surface area contributed by atoms with Crippen molar-refractivity contribution in [2.24, 2.45) is 0 Å². The average molecular weight is 294 g/mol. The van der Waals surface area contributed by atoms with Crippen molar-refractivity contribution < 1.29 is 36.1 Å². The van der Waals surface area contributed by atoms with Gasteiger partial charge in [-0.3, -0.25) is 4.79 Å². The summed E-state index contributed by atoms with van der Waals surface area (Å²) < 4.78 is 0. The number of rotatable bonds is 3. The Bertz CT molecular complexity index is 492. The molecule has 0 saturated carbocycles. The molecule has 82 valence electrons. The quantitative estimate of drug-likeness (QED) is 0.914. The van der Waals surface area contributed by atoms with Crippen LogP contribution in [0.1, 0.15) is 24.8 Å². The molecule has 0 amide bonds. The topological polar surface area (TPSA) is 53.1 Å². The van der Waals surface area contributed by atoms with Crippen molar-refractivity contribution in [1.29, 1.82) is 0 Å². The Morgan fingerprint density at radius 2 is 2.12 bits per heavy atom. The molecule has 3 nitrogen and oxygen atoms in total. The Labute approximate surface area is 113 Å². The van der Waals surface area contributed by atoms with E-state index in [9.17, 15) is 4.79 Å². The zero-order chi connectivity index (χ0) is 10.8. The number of hydrogen-bond acceptors (Lipinski definition) is 1. The maximum atomic E-state index is 10.6. The third-order valence-electron chi connectivity index (χ3n) is 2.63. The summed E-state index contributed by atoms with van der Waals surface area (Å²) in [5, 5.41) is 9.86. The van der Waals surface area contributed by atoms with Gasteiger partial charge >= 0.3 is 5.97 Å². The number of hydrogen-bond donors (Lipinski definition) is 2. The number of aromatic amines is 1. The molecular formula is C12H13NO2Zr. The number of benzene rings is 1. The summed E-state index contributed by atoms with van der Waals surface area (Å²) in [6.45, 7) is 1.93. The summed E-state index contributed by atoms with van der Waals surface area (Å²) >= 11 is 0. The smallest absolute Gasteiger partial charge is 0.303 e. The molecule has 2 rings (SSSR count). The van der Waals surface area contributed by atoms with Crippen LogP contribution in [0.2, 0.25) is 0 Å². The Kier molecular flexibility index (Phi) is 4.48. The molecule has 0 saturated heterocycles. The molecular weight excluding hydrogens is 281 g/mol. The van der Waals surface area contributed by atoms with Gasteiger partial charge in [-0.1, -0.05) is 25.1 Å². The second-order valence-electron chi connectivity index (χ2n) is 3.79. The van der Waals surface area contributed by atoms with Crippen molar-refractivity contribution >= 4 is 16.9 Å². The summed E-state index contributed by atoms with van der Waals surface area (Å²) in [6, 6.07) is 7.93. The number of carboxylic acid groups (broad SMARTS) is 1. The van der Waals surface area contributed by atoms with Crippen LogP contribution in [0.15, 0.2) is 30.5 Å². The summed E-state index contributed by atoms with van der Waals surface area (Å²) in [5.74, 6) is -0.716. The second kappa shape index (κ2) is 5.44. The van der Waals surface area contributed by atoms with E-state index in [0.29, 0.717) is 0 Å². The van der Waals surface area contributed by atoms with Crippen molar-refractivity contribution in [2.45, 2.75) is 19.3 Å². The SMILES string of the molecule is CC(CC(=O)O)c1c[nH]c2ccccc12.[Zr]. The van der Waals surface area contributed by atoms with Crippen LogP contribution in [-0.4, -0.2) is 16.1 Å². The van der Waals surface area contributed by atoms with Gasteiger partial charge in [0.15, 0.2) is 0 Å². The van der Waals surface area contributed by atoms with Gasteiger partial charge in [-0.2, -0.15) is 0 Å². The molecule has 1 heterocycles. The predicted octanol–water partition coefficient (Wildman–Crippen LogP) is 2.74. The molecule has 1 unspecified atom stereocenters. The number of aliphatic carboxylic acids is 1. The van der Waals surface area contributed by atoms with Crippen molar-refractivity contribution in [3.63, 3.8) is 0 Å². The van der Waals surface area contributed by atoms with Gasteiger partial charge in [0.05, 0.1) is 6.42 Å². The van der Waals surface area contributed by atoms with Crippen LogP contribution in [0, 0.1) is 0 Å². The zero-order valence-electron chi connectivity index (χ0n) is 9.03. The number of aromatic nitrogens is 1. The van der Waals surface area contributed by atoms with E-state index < -0.39 is 5.97 Å². The fourth-order valence-electron chi connectivity index (χ4n) is 1.87. The van der Waals surface area contributed by atoms with Gasteiger partial charge in [-0.25, -0.2) is 0 Å². The largest absolute Gasteiger partial charge is 0.481 e. The van der Waals surface area contributed by atoms with E-state index in [4.69, 9.17) is 5.11 Å². The summed E-state index contributed by atoms with van der Waals surface area (Å²) in [6.07, 6.45) is 2.07. The molecule has 1 aromatic carbocycles. The number of nitrogens with one attached hydrogen (secondary N) is 1. The first-order valence-corrected chi connectivity index (χ1v) is 4.96. The molecule has 0 aliphatic heterocycles. The molecule has 0 fully saturated rings. The van der Waals surface area contributed by atoms with E-state index in [2.05, 4.69) is 4.98 Å². The minimum atomic E-state index is -0.757. The minimum Gasteiger partial charge on any atom is -0.481 e. The van der Waals surface area contributed by atoms with Crippen LogP contribution >= 0.6 is 0 Å². The molecule has 0 aliphatic carbocycles. The normalized spacial score (nSPS) is 12.1. The van der Waals surface area contributed by atoms with E-state index in [1.807, 2.05) is 37.4 Å². The molecule has 0 spiro atoms. The van der Waals surface area contributed by atoms with Crippen LogP contribution in [-0.2, 0) is 31.0 Å². The third-order valence-corrected chi connectivity index (χ3v) is 2.63. The van der Waals surface area contributed by atoms with E-state index in [1.165, 1.54) is 0 Å². The van der Waals surface area contributed by atoms with Crippen molar-refractivity contribution in [3.05, 3.63) is 36.0 Å². The summed E-state index contributed by atoms with van der Waals surface area (Å²) in [4.78, 5) is 13.8. The standard InChI is InChI=1S/C12H13NO2.Zr/c1-8(6-12(14)15)10-7-13-11-5-3-2-4-9(10)11;/h2-5,7-8,13H,6H2,1H3,(H,14,15);. The van der Waals surface area contributed by atoms with Crippen molar-refractivity contribution in [1.82, 2.24) is 4.98 Å². The molecule has 4 heteroatoms. The Morgan fingerprint density at radius 3 is 2.81 bits per heavy atom. The first-order chi connectivity index (χ1) is 7.18. The average Bonchev–Trinajstić information content (AvgIpc) is 2.59. The van der Waals surface area contributed by atoms with Gasteiger partial charge in [0.25, 0.3) is 0 Å². The van der Waals surface area contributed by atoms with Gasteiger partial charge < -0.3 is 10.1 Å². The van der Waals surface area contributed by atoms with E-state index in [1.54, 1.807) is 0 Å². The van der Waals surface area contributed by atoms with Gasteiger partial charge in [0.1, 0.15) is 0 Å². The van der Waals surface area contributed by atoms with Gasteiger partial charge in [0, 0.05) is 43.3 Å². The zero-order valence-corrected chi connectivity index (χ0v) is 11.5. The molecule has 0 bridgehead atoms. The molecule has 0 aliphatic rings. The third kappa shape index (κ3) is 2.62. The molecule has 1 atom stereocenters. The fraction of sp³-hybridized carbons (Fsp3) is 0.250. The summed E-state index contributed by atoms with van der Waals surface area (Å²) in [5.41, 5.74) is 2.14. The van der Waals surface area contributed by atoms with Gasteiger partial charge in [-0.05, 0) is 17.5 Å². The molecule has 0 radical (unpaired) electrons. The summed E-state index contributed by atoms with van der Waals surface area (Å²) in [7, 11) is 0. The number of para-hydroxylation sites is 1.